The van der Waals surface area contributed by atoms with Crippen LogP contribution in [0.4, 0.5) is 13.2 Å². The molecule has 1 atom stereocenters. The maximum Gasteiger partial charge on any atom is 0.389 e. The van der Waals surface area contributed by atoms with Gasteiger partial charge in [0.1, 0.15) is 0 Å². The molecule has 0 saturated carbocycles. The Bertz CT molecular complexity index is 85.3. The van der Waals surface area contributed by atoms with Crippen LogP contribution in [0.15, 0.2) is 0 Å². The van der Waals surface area contributed by atoms with Crippen molar-refractivity contribution in [2.45, 2.75) is 39.3 Å². The Kier molecular flexibility index (Phi) is 3.76. The third kappa shape index (κ3) is 5.92. The fourth-order valence-corrected chi connectivity index (χ4v) is 0.990. The Hall–Kier alpha value is -0.210. The summed E-state index contributed by atoms with van der Waals surface area (Å²) in [5, 5.41) is 0. The van der Waals surface area contributed by atoms with Gasteiger partial charge in [-0.05, 0) is 5.92 Å². The summed E-state index contributed by atoms with van der Waals surface area (Å²) in [6.45, 7) is 3.53. The molecule has 0 heterocycles. The molecule has 0 spiro atoms. The predicted octanol–water partition coefficient (Wildman–Crippen LogP) is 3.38. The van der Waals surface area contributed by atoms with Crippen molar-refractivity contribution < 1.29 is 13.2 Å². The molecule has 0 aromatic heterocycles. The first kappa shape index (κ1) is 9.79. The highest BCUT2D eigenvalue weighted by molar-refractivity contribution is 4.58. The minimum atomic E-state index is -3.98. The second kappa shape index (κ2) is 3.84. The Morgan fingerprint density at radius 3 is 2.10 bits per heavy atom. The zero-order valence-electron chi connectivity index (χ0n) is 6.33. The average molecular weight is 154 g/mol. The number of hydrogen-bond donors (Lipinski definition) is 0. The van der Waals surface area contributed by atoms with Gasteiger partial charge >= 0.3 is 6.18 Å². The minimum absolute atomic E-state index is 0.218. The maximum absolute atomic E-state index is 11.6. The molecule has 0 N–H and O–H groups in total. The van der Waals surface area contributed by atoms with Crippen LogP contribution in [-0.4, -0.2) is 6.18 Å². The molecule has 0 aromatic carbocycles. The lowest BCUT2D eigenvalue weighted by Gasteiger charge is -2.11. The normalized spacial score (nSPS) is 15.3. The van der Waals surface area contributed by atoms with Crippen LogP contribution in [0.2, 0.25) is 0 Å². The van der Waals surface area contributed by atoms with Gasteiger partial charge in [-0.1, -0.05) is 26.7 Å². The van der Waals surface area contributed by atoms with Crippen molar-refractivity contribution in [2.75, 3.05) is 0 Å². The molecule has 0 saturated heterocycles. The molecule has 0 amide bonds. The van der Waals surface area contributed by atoms with E-state index < -0.39 is 12.6 Å². The van der Waals surface area contributed by atoms with Crippen LogP contribution >= 0.6 is 0 Å². The van der Waals surface area contributed by atoms with E-state index in [1.165, 1.54) is 0 Å². The lowest BCUT2D eigenvalue weighted by atomic mass is 10.0. The van der Waals surface area contributed by atoms with E-state index in [1.807, 2.05) is 6.92 Å². The van der Waals surface area contributed by atoms with Crippen molar-refractivity contribution in [3.8, 4) is 0 Å². The van der Waals surface area contributed by atoms with Crippen molar-refractivity contribution in [3.05, 3.63) is 0 Å². The van der Waals surface area contributed by atoms with Gasteiger partial charge in [-0.15, -0.1) is 0 Å². The van der Waals surface area contributed by atoms with E-state index >= 15 is 0 Å². The third-order valence-electron chi connectivity index (χ3n) is 1.36. The Labute approximate surface area is 59.4 Å². The van der Waals surface area contributed by atoms with Crippen molar-refractivity contribution in [1.82, 2.24) is 0 Å². The second-order valence-electron chi connectivity index (χ2n) is 2.71. The molecule has 3 heteroatoms. The van der Waals surface area contributed by atoms with Gasteiger partial charge in [0.15, 0.2) is 0 Å². The molecule has 0 aromatic rings. The van der Waals surface area contributed by atoms with Gasteiger partial charge in [-0.2, -0.15) is 13.2 Å². The molecule has 0 aliphatic heterocycles. The molecule has 0 fully saturated rings. The highest BCUT2D eigenvalue weighted by Crippen LogP contribution is 2.26. The molecule has 0 nitrogen and oxygen atoms in total. The average Bonchev–Trinajstić information content (AvgIpc) is 1.59. The van der Waals surface area contributed by atoms with Crippen LogP contribution < -0.4 is 0 Å². The van der Waals surface area contributed by atoms with E-state index in [0.717, 1.165) is 6.42 Å². The topological polar surface area (TPSA) is 0 Å². The van der Waals surface area contributed by atoms with E-state index in [1.54, 1.807) is 6.92 Å². The van der Waals surface area contributed by atoms with Crippen LogP contribution in [0, 0.1) is 5.92 Å². The highest BCUT2D eigenvalue weighted by atomic mass is 19.4. The van der Waals surface area contributed by atoms with Gasteiger partial charge in [-0.25, -0.2) is 0 Å². The summed E-state index contributed by atoms with van der Waals surface area (Å²) in [6.07, 6.45) is -3.12. The summed E-state index contributed by atoms with van der Waals surface area (Å²) in [4.78, 5) is 0. The Balaban J connectivity index is 3.47. The van der Waals surface area contributed by atoms with Crippen molar-refractivity contribution in [2.24, 2.45) is 5.92 Å². The maximum atomic E-state index is 11.6. The van der Waals surface area contributed by atoms with Crippen molar-refractivity contribution >= 4 is 0 Å². The summed E-state index contributed by atoms with van der Waals surface area (Å²) >= 11 is 0. The monoisotopic (exact) mass is 154 g/mol. The number of halogens is 3. The molecular weight excluding hydrogens is 141 g/mol. The first-order chi connectivity index (χ1) is 4.45. The van der Waals surface area contributed by atoms with Crippen molar-refractivity contribution in [1.29, 1.82) is 0 Å². The van der Waals surface area contributed by atoms with Crippen LogP contribution in [-0.2, 0) is 0 Å². The quantitative estimate of drug-likeness (QED) is 0.584. The summed E-state index contributed by atoms with van der Waals surface area (Å²) in [5.74, 6) is -0.218. The fourth-order valence-electron chi connectivity index (χ4n) is 0.990. The Morgan fingerprint density at radius 1 is 1.30 bits per heavy atom. The van der Waals surface area contributed by atoms with Gasteiger partial charge in [0.25, 0.3) is 0 Å². The third-order valence-corrected chi connectivity index (χ3v) is 1.36. The van der Waals surface area contributed by atoms with Gasteiger partial charge < -0.3 is 0 Å². The number of rotatable bonds is 3. The van der Waals surface area contributed by atoms with E-state index in [0.29, 0.717) is 6.42 Å². The molecule has 0 rings (SSSR count). The number of alkyl halides is 3. The van der Waals surface area contributed by atoms with E-state index in [-0.39, 0.29) is 5.92 Å². The summed E-state index contributed by atoms with van der Waals surface area (Å²) < 4.78 is 34.9. The van der Waals surface area contributed by atoms with Gasteiger partial charge in [0, 0.05) is 6.42 Å². The first-order valence-corrected chi connectivity index (χ1v) is 3.52. The molecule has 0 aliphatic carbocycles. The molecule has 0 bridgehead atoms. The molecule has 0 aliphatic rings. The predicted molar refractivity (Wildman–Crippen MR) is 34.7 cm³/mol. The lowest BCUT2D eigenvalue weighted by molar-refractivity contribution is -0.143. The summed E-state index contributed by atoms with van der Waals surface area (Å²) in [7, 11) is 0. The molecule has 1 unspecified atom stereocenters. The summed E-state index contributed by atoms with van der Waals surface area (Å²) in [6, 6.07) is 0. The van der Waals surface area contributed by atoms with Crippen molar-refractivity contribution in [3.63, 3.8) is 0 Å². The van der Waals surface area contributed by atoms with E-state index in [9.17, 15) is 13.2 Å². The molecule has 0 radical (unpaired) electrons. The Morgan fingerprint density at radius 2 is 1.80 bits per heavy atom. The lowest BCUT2D eigenvalue weighted by Crippen LogP contribution is -2.12. The molecule has 62 valence electrons. The van der Waals surface area contributed by atoms with Crippen LogP contribution in [0.5, 0.6) is 0 Å². The molecule has 10 heavy (non-hydrogen) atoms. The minimum Gasteiger partial charge on any atom is -0.171 e. The zero-order valence-corrected chi connectivity index (χ0v) is 6.33. The number of hydrogen-bond acceptors (Lipinski definition) is 0. The van der Waals surface area contributed by atoms with E-state index in [2.05, 4.69) is 0 Å². The van der Waals surface area contributed by atoms with E-state index in [4.69, 9.17) is 0 Å². The van der Waals surface area contributed by atoms with Gasteiger partial charge in [-0.3, -0.25) is 0 Å². The fraction of sp³-hybridized carbons (Fsp3) is 1.00. The largest absolute Gasteiger partial charge is 0.389 e. The zero-order chi connectivity index (χ0) is 8.20. The molecular formula is C7H13F3. The second-order valence-corrected chi connectivity index (χ2v) is 2.71. The van der Waals surface area contributed by atoms with Gasteiger partial charge in [0.2, 0.25) is 0 Å². The van der Waals surface area contributed by atoms with Crippen LogP contribution in [0.3, 0.4) is 0 Å². The van der Waals surface area contributed by atoms with Crippen LogP contribution in [0.25, 0.3) is 0 Å². The SMILES string of the molecule is CCCC(C)CC(F)(F)F. The first-order valence-electron chi connectivity index (χ1n) is 3.52. The van der Waals surface area contributed by atoms with Crippen LogP contribution in [0.1, 0.15) is 33.1 Å². The highest BCUT2D eigenvalue weighted by Gasteiger charge is 2.29. The van der Waals surface area contributed by atoms with Gasteiger partial charge in [0.05, 0.1) is 0 Å². The standard InChI is InChI=1S/C7H13F3/c1-3-4-6(2)5-7(8,9)10/h6H,3-5H2,1-2H3. The summed E-state index contributed by atoms with van der Waals surface area (Å²) in [5.41, 5.74) is 0. The smallest absolute Gasteiger partial charge is 0.171 e.